The molecule has 1 saturated carbocycles. The van der Waals surface area contributed by atoms with Crippen molar-refractivity contribution >= 4 is 10.8 Å². The molecule has 2 N–H and O–H groups in total. The Bertz CT molecular complexity index is 510. The van der Waals surface area contributed by atoms with Gasteiger partial charge in [-0.2, -0.15) is 0 Å². The lowest BCUT2D eigenvalue weighted by Crippen LogP contribution is -2.25. The van der Waals surface area contributed by atoms with Crippen LogP contribution in [0.25, 0.3) is 10.8 Å². The molecule has 0 aromatic heterocycles. The Balaban J connectivity index is 1.90. The standard InChI is InChI=1S/C16H19N/c17-16-9-7-13(8-10-16)15-6-5-12-3-1-2-4-14(12)11-15/h1-6,11,13,16H,7-10,17H2. The molecule has 1 nitrogen and oxygen atoms in total. The third-order valence-electron chi connectivity index (χ3n) is 4.02. The molecule has 2 aromatic rings. The molecule has 0 atom stereocenters. The molecular weight excluding hydrogens is 206 g/mol. The van der Waals surface area contributed by atoms with Crippen molar-refractivity contribution < 1.29 is 0 Å². The summed E-state index contributed by atoms with van der Waals surface area (Å²) in [6.07, 6.45) is 4.86. The zero-order chi connectivity index (χ0) is 11.7. The summed E-state index contributed by atoms with van der Waals surface area (Å²) in [6, 6.07) is 15.9. The Hall–Kier alpha value is -1.34. The summed E-state index contributed by atoms with van der Waals surface area (Å²) in [5, 5.41) is 2.70. The summed E-state index contributed by atoms with van der Waals surface area (Å²) >= 11 is 0. The van der Waals surface area contributed by atoms with Gasteiger partial charge >= 0.3 is 0 Å². The molecule has 0 aliphatic heterocycles. The van der Waals surface area contributed by atoms with Crippen molar-refractivity contribution in [1.29, 1.82) is 0 Å². The van der Waals surface area contributed by atoms with E-state index in [-0.39, 0.29) is 0 Å². The van der Waals surface area contributed by atoms with Gasteiger partial charge in [0.25, 0.3) is 0 Å². The van der Waals surface area contributed by atoms with Crippen molar-refractivity contribution in [3.05, 3.63) is 48.0 Å². The van der Waals surface area contributed by atoms with Crippen LogP contribution in [0.4, 0.5) is 0 Å². The van der Waals surface area contributed by atoms with Crippen LogP contribution < -0.4 is 5.73 Å². The lowest BCUT2D eigenvalue weighted by molar-refractivity contribution is 0.396. The van der Waals surface area contributed by atoms with Crippen LogP contribution in [-0.4, -0.2) is 6.04 Å². The normalized spacial score (nSPS) is 25.0. The first-order chi connectivity index (χ1) is 8.33. The van der Waals surface area contributed by atoms with Crippen LogP contribution in [0.3, 0.4) is 0 Å². The van der Waals surface area contributed by atoms with Crippen LogP contribution in [0, 0.1) is 0 Å². The Morgan fingerprint density at radius 3 is 2.29 bits per heavy atom. The predicted octanol–water partition coefficient (Wildman–Crippen LogP) is 3.82. The summed E-state index contributed by atoms with van der Waals surface area (Å²) in [4.78, 5) is 0. The Morgan fingerprint density at radius 2 is 1.53 bits per heavy atom. The van der Waals surface area contributed by atoms with Gasteiger partial charge in [-0.1, -0.05) is 42.5 Å². The van der Waals surface area contributed by atoms with E-state index in [1.54, 1.807) is 0 Å². The van der Waals surface area contributed by atoms with E-state index in [1.165, 1.54) is 42.0 Å². The summed E-state index contributed by atoms with van der Waals surface area (Å²) in [7, 11) is 0. The molecule has 1 heteroatoms. The number of nitrogens with two attached hydrogens (primary N) is 1. The van der Waals surface area contributed by atoms with E-state index in [0.717, 1.165) is 5.92 Å². The second-order valence-electron chi connectivity index (χ2n) is 5.22. The van der Waals surface area contributed by atoms with Crippen molar-refractivity contribution in [2.45, 2.75) is 37.6 Å². The fourth-order valence-electron chi connectivity index (χ4n) is 2.91. The molecule has 1 aliphatic carbocycles. The largest absolute Gasteiger partial charge is 0.328 e. The first kappa shape index (κ1) is 10.8. The topological polar surface area (TPSA) is 26.0 Å². The highest BCUT2D eigenvalue weighted by atomic mass is 14.6. The fraction of sp³-hybridized carbons (Fsp3) is 0.375. The Labute approximate surface area is 103 Å². The van der Waals surface area contributed by atoms with E-state index in [0.29, 0.717) is 6.04 Å². The van der Waals surface area contributed by atoms with Crippen LogP contribution in [0.15, 0.2) is 42.5 Å². The van der Waals surface area contributed by atoms with Gasteiger partial charge < -0.3 is 5.73 Å². The minimum Gasteiger partial charge on any atom is -0.328 e. The van der Waals surface area contributed by atoms with Crippen LogP contribution >= 0.6 is 0 Å². The van der Waals surface area contributed by atoms with Crippen LogP contribution in [0.2, 0.25) is 0 Å². The van der Waals surface area contributed by atoms with Gasteiger partial charge in [-0.05, 0) is 47.9 Å². The van der Waals surface area contributed by atoms with Gasteiger partial charge in [-0.25, -0.2) is 0 Å². The zero-order valence-corrected chi connectivity index (χ0v) is 10.1. The molecular formula is C16H19N. The predicted molar refractivity (Wildman–Crippen MR) is 73.1 cm³/mol. The van der Waals surface area contributed by atoms with Gasteiger partial charge in [0.05, 0.1) is 0 Å². The molecule has 2 aromatic carbocycles. The Morgan fingerprint density at radius 1 is 0.824 bits per heavy atom. The average Bonchev–Trinajstić information content (AvgIpc) is 2.39. The molecule has 88 valence electrons. The maximum absolute atomic E-state index is 5.97. The lowest BCUT2D eigenvalue weighted by Gasteiger charge is -2.26. The van der Waals surface area contributed by atoms with E-state index in [1.807, 2.05) is 0 Å². The Kier molecular flexibility index (Phi) is 2.86. The van der Waals surface area contributed by atoms with Crippen molar-refractivity contribution in [2.24, 2.45) is 5.73 Å². The second kappa shape index (κ2) is 4.50. The number of benzene rings is 2. The van der Waals surface area contributed by atoms with Gasteiger partial charge in [-0.15, -0.1) is 0 Å². The highest BCUT2D eigenvalue weighted by Gasteiger charge is 2.19. The molecule has 0 spiro atoms. The molecule has 0 unspecified atom stereocenters. The number of fused-ring (bicyclic) bond motifs is 1. The van der Waals surface area contributed by atoms with Gasteiger partial charge in [0.1, 0.15) is 0 Å². The van der Waals surface area contributed by atoms with E-state index in [4.69, 9.17) is 5.73 Å². The maximum Gasteiger partial charge on any atom is 0.00392 e. The molecule has 0 heterocycles. The van der Waals surface area contributed by atoms with Crippen molar-refractivity contribution in [1.82, 2.24) is 0 Å². The summed E-state index contributed by atoms with van der Waals surface area (Å²) in [6.45, 7) is 0. The first-order valence-corrected chi connectivity index (χ1v) is 6.57. The lowest BCUT2D eigenvalue weighted by atomic mass is 9.81. The SMILES string of the molecule is NC1CCC(c2ccc3ccccc3c2)CC1. The van der Waals surface area contributed by atoms with Crippen LogP contribution in [0.1, 0.15) is 37.2 Å². The van der Waals surface area contributed by atoms with E-state index in [2.05, 4.69) is 42.5 Å². The van der Waals surface area contributed by atoms with Crippen LogP contribution in [0.5, 0.6) is 0 Å². The maximum atomic E-state index is 5.97. The zero-order valence-electron chi connectivity index (χ0n) is 10.1. The van der Waals surface area contributed by atoms with Crippen LogP contribution in [-0.2, 0) is 0 Å². The molecule has 0 bridgehead atoms. The van der Waals surface area contributed by atoms with E-state index >= 15 is 0 Å². The highest BCUT2D eigenvalue weighted by molar-refractivity contribution is 5.83. The molecule has 0 amide bonds. The third kappa shape index (κ3) is 2.20. The average molecular weight is 225 g/mol. The molecule has 3 rings (SSSR count). The molecule has 17 heavy (non-hydrogen) atoms. The summed E-state index contributed by atoms with van der Waals surface area (Å²) in [5.41, 5.74) is 7.46. The van der Waals surface area contributed by atoms with Crippen molar-refractivity contribution in [2.75, 3.05) is 0 Å². The molecule has 1 fully saturated rings. The van der Waals surface area contributed by atoms with E-state index in [9.17, 15) is 0 Å². The van der Waals surface area contributed by atoms with Crippen molar-refractivity contribution in [3.63, 3.8) is 0 Å². The summed E-state index contributed by atoms with van der Waals surface area (Å²) < 4.78 is 0. The van der Waals surface area contributed by atoms with E-state index < -0.39 is 0 Å². The molecule has 0 saturated heterocycles. The quantitative estimate of drug-likeness (QED) is 0.784. The third-order valence-corrected chi connectivity index (χ3v) is 4.02. The minimum absolute atomic E-state index is 0.437. The summed E-state index contributed by atoms with van der Waals surface area (Å²) in [5.74, 6) is 0.722. The smallest absolute Gasteiger partial charge is 0.00392 e. The van der Waals surface area contributed by atoms with Gasteiger partial charge in [-0.3, -0.25) is 0 Å². The number of hydrogen-bond donors (Lipinski definition) is 1. The monoisotopic (exact) mass is 225 g/mol. The van der Waals surface area contributed by atoms with Gasteiger partial charge in [0.15, 0.2) is 0 Å². The number of rotatable bonds is 1. The van der Waals surface area contributed by atoms with Crippen molar-refractivity contribution in [3.8, 4) is 0 Å². The first-order valence-electron chi connectivity index (χ1n) is 6.57. The highest BCUT2D eigenvalue weighted by Crippen LogP contribution is 2.33. The minimum atomic E-state index is 0.437. The molecule has 1 aliphatic rings. The molecule has 0 radical (unpaired) electrons. The second-order valence-corrected chi connectivity index (χ2v) is 5.22. The van der Waals surface area contributed by atoms with Gasteiger partial charge in [0.2, 0.25) is 0 Å². The number of hydrogen-bond acceptors (Lipinski definition) is 1. The van der Waals surface area contributed by atoms with Gasteiger partial charge in [0, 0.05) is 6.04 Å². The fourth-order valence-corrected chi connectivity index (χ4v) is 2.91.